The number of hydrogen-bond donors (Lipinski definition) is 1. The molecule has 0 aliphatic carbocycles. The molecule has 1 heterocycles. The van der Waals surface area contributed by atoms with Crippen LogP contribution >= 0.6 is 46.6 Å². The summed E-state index contributed by atoms with van der Waals surface area (Å²) < 4.78 is 10.9. The zero-order chi connectivity index (χ0) is 27.2. The molecule has 0 saturated heterocycles. The van der Waals surface area contributed by atoms with Crippen molar-refractivity contribution in [2.75, 3.05) is 6.61 Å². The molecule has 10 heteroatoms. The summed E-state index contributed by atoms with van der Waals surface area (Å²) in [7, 11) is 0. The molecule has 0 atom stereocenters. The van der Waals surface area contributed by atoms with E-state index in [1.165, 1.54) is 6.07 Å². The average molecular weight is 589 g/mol. The topological polar surface area (TPSA) is 85.2 Å². The third-order valence-corrected chi connectivity index (χ3v) is 7.29. The molecule has 1 aliphatic rings. The molecule has 1 N–H and O–H groups in total. The molecule has 4 rings (SSSR count). The Labute approximate surface area is 238 Å². The number of aliphatic hydroxyl groups excluding tert-OH is 1. The third-order valence-electron chi connectivity index (χ3n) is 5.27. The first-order chi connectivity index (χ1) is 18.3. The number of ether oxygens (including phenoxy) is 2. The van der Waals surface area contributed by atoms with Gasteiger partial charge in [0.1, 0.15) is 28.7 Å². The van der Waals surface area contributed by atoms with E-state index in [4.69, 9.17) is 44.3 Å². The van der Waals surface area contributed by atoms with Gasteiger partial charge in [0.25, 0.3) is 5.91 Å². The minimum Gasteiger partial charge on any atom is -0.506 e. The normalized spacial score (nSPS) is 15.3. The van der Waals surface area contributed by atoms with Crippen LogP contribution in [0.15, 0.2) is 88.0 Å². The zero-order valence-corrected chi connectivity index (χ0v) is 23.0. The molecule has 0 unspecified atom stereocenters. The van der Waals surface area contributed by atoms with Crippen molar-refractivity contribution in [2.45, 2.75) is 13.5 Å². The standard InChI is InChI=1S/C28H20Cl3NO5S/c1-2-36-28(35)24-25(33)23(38-27(24)32-26(34)18-8-4-6-10-20(18)30)14-16-11-12-22(21(31)13-16)37-15-17-7-3-5-9-19(17)29/h3-14,33H,2,15H2,1H3/b23-14-,32-27?. The number of benzene rings is 3. The van der Waals surface area contributed by atoms with Gasteiger partial charge in [-0.2, -0.15) is 0 Å². The van der Waals surface area contributed by atoms with Crippen molar-refractivity contribution in [3.05, 3.63) is 115 Å². The molecule has 1 amide bonds. The average Bonchev–Trinajstić information content (AvgIpc) is 3.19. The predicted octanol–water partition coefficient (Wildman–Crippen LogP) is 7.93. The fourth-order valence-electron chi connectivity index (χ4n) is 3.43. The van der Waals surface area contributed by atoms with E-state index in [2.05, 4.69) is 4.99 Å². The SMILES string of the molecule is CCOC(=O)C1=C(O)/C(=C/c2ccc(OCc3ccccc3Cl)c(Cl)c2)SC1=NC(=O)c1ccccc1Cl. The minimum atomic E-state index is -0.798. The molecule has 6 nitrogen and oxygen atoms in total. The Morgan fingerprint density at radius 2 is 1.68 bits per heavy atom. The Bertz CT molecular complexity index is 1500. The van der Waals surface area contributed by atoms with Crippen LogP contribution in [0.25, 0.3) is 6.08 Å². The summed E-state index contributed by atoms with van der Waals surface area (Å²) in [5, 5.41) is 12.0. The van der Waals surface area contributed by atoms with Gasteiger partial charge in [0.15, 0.2) is 0 Å². The van der Waals surface area contributed by atoms with Crippen molar-refractivity contribution >= 4 is 69.6 Å². The van der Waals surface area contributed by atoms with Crippen LogP contribution in [0.5, 0.6) is 5.75 Å². The first kappa shape index (κ1) is 27.8. The fraction of sp³-hybridized carbons (Fsp3) is 0.107. The summed E-state index contributed by atoms with van der Waals surface area (Å²) in [6.45, 7) is 1.95. The number of amides is 1. The molecule has 194 valence electrons. The molecule has 0 fully saturated rings. The Hall–Kier alpha value is -3.23. The maximum absolute atomic E-state index is 12.8. The number of rotatable bonds is 7. The van der Waals surface area contributed by atoms with E-state index in [9.17, 15) is 14.7 Å². The number of carbonyl (C=O) groups is 2. The van der Waals surface area contributed by atoms with Crippen LogP contribution in [-0.2, 0) is 16.1 Å². The molecule has 3 aromatic rings. The highest BCUT2D eigenvalue weighted by Gasteiger charge is 2.34. The number of carbonyl (C=O) groups excluding carboxylic acids is 2. The van der Waals surface area contributed by atoms with Crippen LogP contribution in [-0.4, -0.2) is 28.6 Å². The van der Waals surface area contributed by atoms with Gasteiger partial charge in [-0.3, -0.25) is 4.79 Å². The highest BCUT2D eigenvalue weighted by Crippen LogP contribution is 2.40. The van der Waals surface area contributed by atoms with Crippen molar-refractivity contribution in [3.8, 4) is 5.75 Å². The number of hydrogen-bond acceptors (Lipinski definition) is 6. The van der Waals surface area contributed by atoms with E-state index in [1.807, 2.05) is 18.2 Å². The van der Waals surface area contributed by atoms with Gasteiger partial charge in [0, 0.05) is 10.6 Å². The van der Waals surface area contributed by atoms with Gasteiger partial charge in [-0.1, -0.05) is 83.0 Å². The Morgan fingerprint density at radius 3 is 2.37 bits per heavy atom. The second kappa shape index (κ2) is 12.5. The number of aliphatic hydroxyl groups is 1. The van der Waals surface area contributed by atoms with Crippen LogP contribution in [0, 0.1) is 0 Å². The smallest absolute Gasteiger partial charge is 0.344 e. The molecule has 0 spiro atoms. The Balaban J connectivity index is 1.61. The monoisotopic (exact) mass is 587 g/mol. The third kappa shape index (κ3) is 6.42. The first-order valence-electron chi connectivity index (χ1n) is 11.3. The largest absolute Gasteiger partial charge is 0.506 e. The Kier molecular flexibility index (Phi) is 9.17. The van der Waals surface area contributed by atoms with E-state index in [-0.39, 0.29) is 40.2 Å². The summed E-state index contributed by atoms with van der Waals surface area (Å²) in [5.41, 5.74) is 1.41. The number of halogens is 3. The van der Waals surface area contributed by atoms with E-state index >= 15 is 0 Å². The lowest BCUT2D eigenvalue weighted by Crippen LogP contribution is -2.14. The fourth-order valence-corrected chi connectivity index (χ4v) is 5.09. The van der Waals surface area contributed by atoms with Gasteiger partial charge in [0.05, 0.1) is 27.1 Å². The van der Waals surface area contributed by atoms with Gasteiger partial charge in [-0.25, -0.2) is 9.79 Å². The maximum Gasteiger partial charge on any atom is 0.344 e. The van der Waals surface area contributed by atoms with Crippen molar-refractivity contribution in [3.63, 3.8) is 0 Å². The van der Waals surface area contributed by atoms with Gasteiger partial charge in [-0.05, 0) is 48.9 Å². The molecule has 0 bridgehead atoms. The highest BCUT2D eigenvalue weighted by molar-refractivity contribution is 8.18. The van der Waals surface area contributed by atoms with Crippen LogP contribution in [0.3, 0.4) is 0 Å². The summed E-state index contributed by atoms with van der Waals surface area (Å²) in [4.78, 5) is 29.8. The number of thioether (sulfide) groups is 1. The van der Waals surface area contributed by atoms with Crippen molar-refractivity contribution in [2.24, 2.45) is 4.99 Å². The van der Waals surface area contributed by atoms with Crippen LogP contribution in [0.4, 0.5) is 0 Å². The quantitative estimate of drug-likeness (QED) is 0.282. The van der Waals surface area contributed by atoms with E-state index in [0.29, 0.717) is 26.3 Å². The Morgan fingerprint density at radius 1 is 0.974 bits per heavy atom. The molecule has 0 aromatic heterocycles. The van der Waals surface area contributed by atoms with Crippen LogP contribution < -0.4 is 4.74 Å². The summed E-state index contributed by atoms with van der Waals surface area (Å²) in [5.74, 6) is -1.35. The zero-order valence-electron chi connectivity index (χ0n) is 19.9. The van der Waals surface area contributed by atoms with Crippen LogP contribution in [0.2, 0.25) is 15.1 Å². The number of nitrogens with zero attached hydrogens (tertiary/aromatic N) is 1. The summed E-state index contributed by atoms with van der Waals surface area (Å²) >= 11 is 19.7. The first-order valence-corrected chi connectivity index (χ1v) is 13.3. The minimum absolute atomic E-state index is 0.00269. The molecule has 1 aliphatic heterocycles. The van der Waals surface area contributed by atoms with Crippen molar-refractivity contribution in [1.82, 2.24) is 0 Å². The lowest BCUT2D eigenvalue weighted by molar-refractivity contribution is -0.138. The second-order valence-electron chi connectivity index (χ2n) is 7.83. The number of aliphatic imine (C=N–C) groups is 1. The second-order valence-corrected chi connectivity index (χ2v) is 10.1. The highest BCUT2D eigenvalue weighted by atomic mass is 35.5. The maximum atomic E-state index is 12.8. The van der Waals surface area contributed by atoms with E-state index in [1.54, 1.807) is 55.5 Å². The predicted molar refractivity (Wildman–Crippen MR) is 152 cm³/mol. The summed E-state index contributed by atoms with van der Waals surface area (Å²) in [6.07, 6.45) is 1.62. The van der Waals surface area contributed by atoms with Crippen molar-refractivity contribution < 1.29 is 24.2 Å². The molecule has 3 aromatic carbocycles. The van der Waals surface area contributed by atoms with E-state index < -0.39 is 11.9 Å². The molecule has 0 saturated carbocycles. The van der Waals surface area contributed by atoms with Gasteiger partial charge < -0.3 is 14.6 Å². The van der Waals surface area contributed by atoms with Gasteiger partial charge in [-0.15, -0.1) is 0 Å². The van der Waals surface area contributed by atoms with E-state index in [0.717, 1.165) is 17.3 Å². The lowest BCUT2D eigenvalue weighted by Gasteiger charge is -2.10. The molecular formula is C28H20Cl3NO5S. The van der Waals surface area contributed by atoms with Gasteiger partial charge >= 0.3 is 5.97 Å². The summed E-state index contributed by atoms with van der Waals surface area (Å²) in [6, 6.07) is 18.8. The van der Waals surface area contributed by atoms with Gasteiger partial charge in [0.2, 0.25) is 0 Å². The molecular weight excluding hydrogens is 569 g/mol. The van der Waals surface area contributed by atoms with Crippen molar-refractivity contribution in [1.29, 1.82) is 0 Å². The molecule has 38 heavy (non-hydrogen) atoms. The lowest BCUT2D eigenvalue weighted by atomic mass is 10.1. The molecule has 0 radical (unpaired) electrons. The van der Waals surface area contributed by atoms with Crippen LogP contribution in [0.1, 0.15) is 28.4 Å². The number of esters is 1.